The van der Waals surface area contributed by atoms with E-state index < -0.39 is 11.1 Å². The molecule has 0 atom stereocenters. The van der Waals surface area contributed by atoms with Crippen molar-refractivity contribution >= 4 is 34.9 Å². The molecule has 0 aliphatic carbocycles. The van der Waals surface area contributed by atoms with E-state index in [1.807, 2.05) is 33.8 Å². The van der Waals surface area contributed by atoms with Crippen molar-refractivity contribution in [1.29, 1.82) is 0 Å². The minimum absolute atomic E-state index is 0.241. The summed E-state index contributed by atoms with van der Waals surface area (Å²) in [6.07, 6.45) is 1.66. The minimum atomic E-state index is -0.455. The molecule has 7 nitrogen and oxygen atoms in total. The number of hydrogen-bond donors (Lipinski definition) is 0. The molecule has 1 aromatic rings. The third-order valence-electron chi connectivity index (χ3n) is 4.42. The van der Waals surface area contributed by atoms with E-state index in [0.29, 0.717) is 31.2 Å². The van der Waals surface area contributed by atoms with Crippen molar-refractivity contribution < 1.29 is 23.9 Å². The predicted octanol–water partition coefficient (Wildman–Crippen LogP) is 3.31. The van der Waals surface area contributed by atoms with Crippen molar-refractivity contribution in [3.63, 3.8) is 0 Å². The van der Waals surface area contributed by atoms with Crippen LogP contribution in [0.15, 0.2) is 17.0 Å². The van der Waals surface area contributed by atoms with Gasteiger partial charge in [-0.25, -0.2) is 0 Å². The second-order valence-corrected chi connectivity index (χ2v) is 7.12. The maximum Gasteiger partial charge on any atom is 0.294 e. The van der Waals surface area contributed by atoms with Gasteiger partial charge in [-0.05, 0) is 68.8 Å². The molecule has 0 spiro atoms. The molecule has 0 radical (unpaired) electrons. The molecule has 28 heavy (non-hydrogen) atoms. The molecule has 0 unspecified atom stereocenters. The fourth-order valence-corrected chi connectivity index (χ4v) is 3.68. The Kier molecular flexibility index (Phi) is 7.51. The van der Waals surface area contributed by atoms with Gasteiger partial charge in [-0.1, -0.05) is 0 Å². The lowest BCUT2D eigenvalue weighted by molar-refractivity contribution is -0.135. The summed E-state index contributed by atoms with van der Waals surface area (Å²) < 4.78 is 10.9. The summed E-state index contributed by atoms with van der Waals surface area (Å²) in [5.41, 5.74) is 1.64. The number of likely N-dealkylation sites (N-methyl/N-ethyl adjacent to an activating group) is 1. The summed E-state index contributed by atoms with van der Waals surface area (Å²) >= 11 is 0.839. The van der Waals surface area contributed by atoms with E-state index in [2.05, 4.69) is 0 Å². The molecular formula is C20H26N2O5S. The van der Waals surface area contributed by atoms with Crippen molar-refractivity contribution in [2.24, 2.45) is 0 Å². The van der Waals surface area contributed by atoms with Gasteiger partial charge >= 0.3 is 0 Å². The number of aryl methyl sites for hydroxylation is 1. The first-order valence-corrected chi connectivity index (χ1v) is 10.0. The SMILES string of the molecule is CCOc1cc(/C=C2\SC(=O)N(CC(=O)N(CC)CC)C2=O)c(C)cc1OC. The average Bonchev–Trinajstić information content (AvgIpc) is 2.92. The second kappa shape index (κ2) is 9.64. The smallest absolute Gasteiger partial charge is 0.294 e. The number of amides is 3. The standard InChI is InChI=1S/C20H26N2O5S/c1-6-21(7-2)18(23)12-22-19(24)17(28-20(22)25)11-14-10-16(27-8-3)15(26-5)9-13(14)4/h9-11H,6-8,12H2,1-5H3/b17-11-. The molecule has 1 aromatic carbocycles. The summed E-state index contributed by atoms with van der Waals surface area (Å²) in [6.45, 7) is 8.78. The van der Waals surface area contributed by atoms with Crippen LogP contribution in [0.1, 0.15) is 31.9 Å². The van der Waals surface area contributed by atoms with Gasteiger partial charge in [0.05, 0.1) is 18.6 Å². The molecule has 0 bridgehead atoms. The highest BCUT2D eigenvalue weighted by Gasteiger charge is 2.37. The van der Waals surface area contributed by atoms with E-state index in [9.17, 15) is 14.4 Å². The zero-order chi connectivity index (χ0) is 20.8. The molecule has 3 amide bonds. The Morgan fingerprint density at radius 2 is 1.86 bits per heavy atom. The van der Waals surface area contributed by atoms with Gasteiger partial charge in [-0.3, -0.25) is 19.3 Å². The third-order valence-corrected chi connectivity index (χ3v) is 5.33. The van der Waals surface area contributed by atoms with E-state index in [1.54, 1.807) is 24.2 Å². The molecule has 8 heteroatoms. The van der Waals surface area contributed by atoms with E-state index in [4.69, 9.17) is 9.47 Å². The molecule has 0 aromatic heterocycles. The predicted molar refractivity (Wildman–Crippen MR) is 110 cm³/mol. The number of thioether (sulfide) groups is 1. The highest BCUT2D eigenvalue weighted by atomic mass is 32.2. The fourth-order valence-electron chi connectivity index (χ4n) is 2.85. The van der Waals surface area contributed by atoms with Crippen LogP contribution in [-0.2, 0) is 9.59 Å². The number of carbonyl (C=O) groups is 3. The molecule has 1 aliphatic rings. The monoisotopic (exact) mass is 406 g/mol. The molecule has 152 valence electrons. The first-order valence-electron chi connectivity index (χ1n) is 9.20. The van der Waals surface area contributed by atoms with Gasteiger partial charge in [0.1, 0.15) is 6.54 Å². The molecular weight excluding hydrogens is 380 g/mol. The van der Waals surface area contributed by atoms with Crippen LogP contribution in [0, 0.1) is 6.92 Å². The van der Waals surface area contributed by atoms with E-state index in [0.717, 1.165) is 27.8 Å². The maximum absolute atomic E-state index is 12.7. The van der Waals surface area contributed by atoms with E-state index >= 15 is 0 Å². The highest BCUT2D eigenvalue weighted by molar-refractivity contribution is 8.18. The lowest BCUT2D eigenvalue weighted by atomic mass is 10.1. The second-order valence-electron chi connectivity index (χ2n) is 6.13. The highest BCUT2D eigenvalue weighted by Crippen LogP contribution is 2.36. The molecule has 2 rings (SSSR count). The molecule has 0 saturated carbocycles. The molecule has 1 fully saturated rings. The minimum Gasteiger partial charge on any atom is -0.493 e. The van der Waals surface area contributed by atoms with Crippen molar-refractivity contribution in [3.05, 3.63) is 28.2 Å². The maximum atomic E-state index is 12.7. The molecule has 0 N–H and O–H groups in total. The van der Waals surface area contributed by atoms with Crippen LogP contribution < -0.4 is 9.47 Å². The van der Waals surface area contributed by atoms with Crippen LogP contribution in [-0.4, -0.2) is 60.2 Å². The van der Waals surface area contributed by atoms with E-state index in [-0.39, 0.29) is 17.4 Å². The first-order chi connectivity index (χ1) is 13.4. The van der Waals surface area contributed by atoms with Crippen molar-refractivity contribution in [1.82, 2.24) is 9.80 Å². The van der Waals surface area contributed by atoms with Gasteiger partial charge in [0.25, 0.3) is 11.1 Å². The summed E-state index contributed by atoms with van der Waals surface area (Å²) in [6, 6.07) is 3.61. The van der Waals surface area contributed by atoms with Gasteiger partial charge in [-0.2, -0.15) is 0 Å². The number of imide groups is 1. The van der Waals surface area contributed by atoms with Crippen molar-refractivity contribution in [2.45, 2.75) is 27.7 Å². The Labute approximate surface area is 169 Å². The number of carbonyl (C=O) groups excluding carboxylic acids is 3. The van der Waals surface area contributed by atoms with Gasteiger partial charge in [0, 0.05) is 13.1 Å². The number of benzene rings is 1. The quantitative estimate of drug-likeness (QED) is 0.617. The number of methoxy groups -OCH3 is 1. The van der Waals surface area contributed by atoms with Crippen LogP contribution in [0.4, 0.5) is 4.79 Å². The van der Waals surface area contributed by atoms with Crippen LogP contribution in [0.3, 0.4) is 0 Å². The number of ether oxygens (including phenoxy) is 2. The summed E-state index contributed by atoms with van der Waals surface area (Å²) in [5.74, 6) is 0.476. The van der Waals surface area contributed by atoms with Crippen LogP contribution in [0.25, 0.3) is 6.08 Å². The summed E-state index contributed by atoms with van der Waals surface area (Å²) in [4.78, 5) is 40.1. The largest absolute Gasteiger partial charge is 0.493 e. The number of nitrogens with zero attached hydrogens (tertiary/aromatic N) is 2. The first kappa shape index (κ1) is 21.8. The van der Waals surface area contributed by atoms with Crippen molar-refractivity contribution in [2.75, 3.05) is 33.4 Å². The van der Waals surface area contributed by atoms with Gasteiger partial charge in [0.15, 0.2) is 11.5 Å². The fraction of sp³-hybridized carbons (Fsp3) is 0.450. The third kappa shape index (κ3) is 4.67. The Morgan fingerprint density at radius 3 is 2.43 bits per heavy atom. The van der Waals surface area contributed by atoms with Crippen LogP contribution >= 0.6 is 11.8 Å². The summed E-state index contributed by atoms with van der Waals surface area (Å²) in [5, 5.41) is -0.437. The normalized spacial score (nSPS) is 15.3. The Hall–Kier alpha value is -2.48. The summed E-state index contributed by atoms with van der Waals surface area (Å²) in [7, 11) is 1.56. The lowest BCUT2D eigenvalue weighted by Crippen LogP contribution is -2.41. The van der Waals surface area contributed by atoms with Crippen LogP contribution in [0.5, 0.6) is 11.5 Å². The lowest BCUT2D eigenvalue weighted by Gasteiger charge is -2.21. The average molecular weight is 407 g/mol. The van der Waals surface area contributed by atoms with E-state index in [1.165, 1.54) is 0 Å². The Morgan fingerprint density at radius 1 is 1.18 bits per heavy atom. The van der Waals surface area contributed by atoms with Crippen LogP contribution in [0.2, 0.25) is 0 Å². The van der Waals surface area contributed by atoms with Gasteiger partial charge in [0.2, 0.25) is 5.91 Å². The zero-order valence-electron chi connectivity index (χ0n) is 16.9. The van der Waals surface area contributed by atoms with Gasteiger partial charge in [-0.15, -0.1) is 0 Å². The Balaban J connectivity index is 2.28. The number of hydrogen-bond acceptors (Lipinski definition) is 6. The van der Waals surface area contributed by atoms with Crippen molar-refractivity contribution in [3.8, 4) is 11.5 Å². The molecule has 1 saturated heterocycles. The zero-order valence-corrected chi connectivity index (χ0v) is 17.7. The Bertz CT molecular complexity index is 802. The van der Waals surface area contributed by atoms with Gasteiger partial charge < -0.3 is 14.4 Å². The molecule has 1 heterocycles. The molecule has 1 aliphatic heterocycles. The topological polar surface area (TPSA) is 76.2 Å². The number of rotatable bonds is 8.